The number of methoxy groups -OCH3 is 1. The summed E-state index contributed by atoms with van der Waals surface area (Å²) in [4.78, 5) is 50.9. The molecule has 11 nitrogen and oxygen atoms in total. The Kier molecular flexibility index (Phi) is 11.7. The fraction of sp³-hybridized carbons (Fsp3) is 0.417. The quantitative estimate of drug-likeness (QED) is 0.120. The summed E-state index contributed by atoms with van der Waals surface area (Å²) in [7, 11) is -2.03. The Balaban J connectivity index is 1.27. The van der Waals surface area contributed by atoms with Crippen molar-refractivity contribution in [1.29, 1.82) is 0 Å². The molecule has 2 aliphatic carbocycles. The minimum absolute atomic E-state index is 0.171. The number of thiophene rings is 1. The Morgan fingerprint density at radius 3 is 2.05 bits per heavy atom. The van der Waals surface area contributed by atoms with Crippen LogP contribution in [0, 0.1) is 18.8 Å². The van der Waals surface area contributed by atoms with E-state index in [-0.39, 0.29) is 35.5 Å². The molecule has 0 amide bonds. The Morgan fingerprint density at radius 2 is 1.52 bits per heavy atom. The first-order valence-corrected chi connectivity index (χ1v) is 24.1. The second-order valence-corrected chi connectivity index (χ2v) is 23.9. The topological polar surface area (TPSA) is 135 Å². The number of para-hydroxylation sites is 1. The van der Waals surface area contributed by atoms with Crippen LogP contribution in [0.2, 0.25) is 5.04 Å². The van der Waals surface area contributed by atoms with Crippen LogP contribution in [0.1, 0.15) is 77.5 Å². The number of alkyl halides is 3. The molecule has 5 atom stereocenters. The zero-order valence-corrected chi connectivity index (χ0v) is 38.6. The first-order chi connectivity index (χ1) is 30.2. The van der Waals surface area contributed by atoms with Gasteiger partial charge in [-0.3, -0.25) is 14.2 Å². The van der Waals surface area contributed by atoms with Crippen LogP contribution in [0.4, 0.5) is 13.2 Å². The van der Waals surface area contributed by atoms with Gasteiger partial charge in [0, 0.05) is 5.56 Å². The molecule has 2 aliphatic rings. The largest absolute Gasteiger partial charge is 0.508 e. The van der Waals surface area contributed by atoms with Crippen LogP contribution in [0.15, 0.2) is 111 Å². The predicted molar refractivity (Wildman–Crippen MR) is 241 cm³/mol. The number of hydrogen-bond acceptors (Lipinski definition) is 10. The summed E-state index contributed by atoms with van der Waals surface area (Å²) in [6.07, 6.45) is -3.59. The van der Waals surface area contributed by atoms with Gasteiger partial charge in [-0.05, 0) is 85.3 Å². The molecular formula is C48H52F3N3O8SSi. The molecule has 2 fully saturated rings. The molecule has 3 heterocycles. The van der Waals surface area contributed by atoms with Crippen molar-refractivity contribution in [1.82, 2.24) is 14.1 Å². The van der Waals surface area contributed by atoms with Crippen molar-refractivity contribution in [2.24, 2.45) is 11.8 Å². The van der Waals surface area contributed by atoms with Gasteiger partial charge in [0.15, 0.2) is 5.60 Å². The van der Waals surface area contributed by atoms with E-state index in [1.807, 2.05) is 81.4 Å². The number of aromatic nitrogens is 3. The molecule has 0 spiro atoms. The van der Waals surface area contributed by atoms with Crippen LogP contribution >= 0.6 is 11.3 Å². The SMILES string of the molecule is COc1ccccc1C(Cn1c(=O)n(C(C)(C)C(=O)O[Si](c2ccccc2)(c2ccccc2)C(C)(C)C)c(=O)c2c(C)c(-c3ncco3)sc21)OC1C[C@@H]2CC(O)(C(F)(F)F)C[C@@H]2C1. The Bertz CT molecular complexity index is 2730. The molecule has 8 rings (SSSR count). The van der Waals surface area contributed by atoms with E-state index in [1.54, 1.807) is 31.2 Å². The number of carbonyl (C=O) groups excluding carboxylic acids is 1. The standard InChI is InChI=1S/C48H52F3N3O8SSi/c1-29-38-41(55)54(46(5,6)43(56)62-64(45(2,3)4,33-16-10-8-11-17-33)34-18-12-9-13-19-34)44(57)53(42(38)63-39(29)40-52-22-23-60-40)28-37(35-20-14-15-21-36(35)59-7)61-32-24-30-26-47(58,48(49,50)51)27-31(30)25-32/h8-23,30-32,37,58H,24-28H2,1-7H3/t30-,31+,32?,37?,47?. The Hall–Kier alpha value is -5.29. The van der Waals surface area contributed by atoms with Crippen LogP contribution in [0.25, 0.3) is 21.0 Å². The Labute approximate surface area is 373 Å². The lowest BCUT2D eigenvalue weighted by Crippen LogP contribution is -2.69. The number of oxazole rings is 1. The summed E-state index contributed by atoms with van der Waals surface area (Å²) in [5.41, 5.74) is -5.08. The van der Waals surface area contributed by atoms with Gasteiger partial charge in [0.25, 0.3) is 5.56 Å². The first kappa shape index (κ1) is 45.3. The molecule has 3 aromatic heterocycles. The van der Waals surface area contributed by atoms with E-state index < -0.39 is 84.8 Å². The average Bonchev–Trinajstić information content (AvgIpc) is 4.05. The number of fused-ring (bicyclic) bond motifs is 2. The van der Waals surface area contributed by atoms with Crippen molar-refractivity contribution in [2.45, 2.75) is 108 Å². The van der Waals surface area contributed by atoms with Gasteiger partial charge in [0.2, 0.25) is 5.89 Å². The minimum Gasteiger partial charge on any atom is -0.508 e. The molecular weight excluding hydrogens is 864 g/mol. The average molecular weight is 916 g/mol. The van der Waals surface area contributed by atoms with Gasteiger partial charge in [-0.25, -0.2) is 14.3 Å². The lowest BCUT2D eigenvalue weighted by atomic mass is 9.97. The molecule has 3 unspecified atom stereocenters. The van der Waals surface area contributed by atoms with Crippen molar-refractivity contribution in [3.8, 4) is 16.5 Å². The van der Waals surface area contributed by atoms with Gasteiger partial charge in [0.05, 0.1) is 36.2 Å². The molecule has 0 saturated heterocycles. The highest BCUT2D eigenvalue weighted by Crippen LogP contribution is 2.55. The van der Waals surface area contributed by atoms with Crippen molar-refractivity contribution in [3.63, 3.8) is 0 Å². The molecule has 0 radical (unpaired) electrons. The van der Waals surface area contributed by atoms with Crippen LogP contribution in [-0.4, -0.2) is 58.5 Å². The van der Waals surface area contributed by atoms with Crippen molar-refractivity contribution in [3.05, 3.63) is 129 Å². The van der Waals surface area contributed by atoms with Gasteiger partial charge < -0.3 is 23.4 Å². The predicted octanol–water partition coefficient (Wildman–Crippen LogP) is 8.27. The maximum Gasteiger partial charge on any atom is 0.417 e. The molecule has 0 aliphatic heterocycles. The molecule has 64 heavy (non-hydrogen) atoms. The number of halogens is 3. The number of aliphatic hydroxyl groups is 1. The highest BCUT2D eigenvalue weighted by Gasteiger charge is 2.62. The summed E-state index contributed by atoms with van der Waals surface area (Å²) in [6.45, 7) is 10.6. The fourth-order valence-corrected chi connectivity index (χ4v) is 15.7. The monoisotopic (exact) mass is 915 g/mol. The van der Waals surface area contributed by atoms with Crippen molar-refractivity contribution >= 4 is 46.2 Å². The number of aryl methyl sites for hydroxylation is 1. The third-order valence-corrected chi connectivity index (χ3v) is 19.5. The smallest absolute Gasteiger partial charge is 0.417 e. The zero-order chi connectivity index (χ0) is 46.0. The molecule has 3 aromatic carbocycles. The van der Waals surface area contributed by atoms with E-state index in [4.69, 9.17) is 18.3 Å². The highest BCUT2D eigenvalue weighted by molar-refractivity contribution is 7.22. The van der Waals surface area contributed by atoms with E-state index in [9.17, 15) is 18.3 Å². The second-order valence-electron chi connectivity index (χ2n) is 18.6. The lowest BCUT2D eigenvalue weighted by molar-refractivity contribution is -0.260. The fourth-order valence-electron chi connectivity index (χ4n) is 10.0. The minimum atomic E-state index is -4.74. The number of benzene rings is 3. The molecule has 2 saturated carbocycles. The number of ether oxygens (including phenoxy) is 2. The highest BCUT2D eigenvalue weighted by atomic mass is 32.1. The summed E-state index contributed by atoms with van der Waals surface area (Å²) in [5.74, 6) is -0.926. The third-order valence-electron chi connectivity index (χ3n) is 13.3. The third kappa shape index (κ3) is 7.65. The van der Waals surface area contributed by atoms with Gasteiger partial charge >= 0.3 is 26.2 Å². The molecule has 0 bridgehead atoms. The number of carbonyl (C=O) groups is 1. The number of rotatable bonds is 12. The van der Waals surface area contributed by atoms with Gasteiger partial charge in [-0.1, -0.05) is 99.6 Å². The summed E-state index contributed by atoms with van der Waals surface area (Å²) in [5, 5.41) is 11.8. The lowest BCUT2D eigenvalue weighted by Gasteiger charge is -2.43. The zero-order valence-electron chi connectivity index (χ0n) is 36.8. The van der Waals surface area contributed by atoms with Crippen LogP contribution in [-0.2, 0) is 26.0 Å². The normalized spacial score (nSPS) is 21.0. The number of hydrogen-bond donors (Lipinski definition) is 1. The van der Waals surface area contributed by atoms with Crippen LogP contribution < -0.4 is 26.4 Å². The summed E-state index contributed by atoms with van der Waals surface area (Å²) in [6, 6.07) is 26.3. The van der Waals surface area contributed by atoms with Crippen LogP contribution in [0.5, 0.6) is 5.75 Å². The summed E-state index contributed by atoms with van der Waals surface area (Å²) < 4.78 is 69.3. The van der Waals surface area contributed by atoms with Crippen molar-refractivity contribution < 1.29 is 41.4 Å². The molecule has 16 heteroatoms. The summed E-state index contributed by atoms with van der Waals surface area (Å²) >= 11 is 1.14. The van der Waals surface area contributed by atoms with E-state index in [1.165, 1.54) is 38.0 Å². The van der Waals surface area contributed by atoms with Gasteiger partial charge in [0.1, 0.15) is 28.5 Å². The molecule has 1 N–H and O–H groups in total. The molecule has 6 aromatic rings. The molecule has 338 valence electrons. The van der Waals surface area contributed by atoms with E-state index >= 15 is 14.4 Å². The van der Waals surface area contributed by atoms with E-state index in [0.717, 1.165) is 26.3 Å². The van der Waals surface area contributed by atoms with Gasteiger partial charge in [-0.15, -0.1) is 11.3 Å². The van der Waals surface area contributed by atoms with E-state index in [0.29, 0.717) is 21.8 Å². The maximum absolute atomic E-state index is 15.4. The van der Waals surface area contributed by atoms with E-state index in [2.05, 4.69) is 4.98 Å². The van der Waals surface area contributed by atoms with Crippen LogP contribution in [0.3, 0.4) is 0 Å². The maximum atomic E-state index is 15.4. The second kappa shape index (κ2) is 16.6. The Morgan fingerprint density at radius 1 is 0.938 bits per heavy atom. The first-order valence-electron chi connectivity index (χ1n) is 21.3. The number of nitrogens with zero attached hydrogens (tertiary/aromatic N) is 3. The van der Waals surface area contributed by atoms with Crippen molar-refractivity contribution in [2.75, 3.05) is 7.11 Å². The van der Waals surface area contributed by atoms with Gasteiger partial charge in [-0.2, -0.15) is 13.2 Å².